The first-order chi connectivity index (χ1) is 11.8. The Morgan fingerprint density at radius 3 is 2.64 bits per heavy atom. The summed E-state index contributed by atoms with van der Waals surface area (Å²) in [6.45, 7) is 2.19. The van der Waals surface area contributed by atoms with E-state index in [-0.39, 0.29) is 17.1 Å². The Labute approximate surface area is 155 Å². The highest BCUT2D eigenvalue weighted by Crippen LogP contribution is 2.35. The van der Waals surface area contributed by atoms with Gasteiger partial charge in [0.15, 0.2) is 0 Å². The van der Waals surface area contributed by atoms with Gasteiger partial charge in [-0.25, -0.2) is 0 Å². The standard InChI is InChI=1S/C17H13BrClF3N2O/c1-2-25-16-13-7-11(18)4-6-15(13)24(23-16)9-10-3-5-12(19)8-14(10)17(20,21)22/h3-8H,2,9H2,1H3. The second-order valence-electron chi connectivity index (χ2n) is 5.36. The van der Waals surface area contributed by atoms with Gasteiger partial charge in [0.2, 0.25) is 5.88 Å². The molecule has 0 atom stereocenters. The molecule has 3 rings (SSSR count). The van der Waals surface area contributed by atoms with Crippen LogP contribution in [-0.2, 0) is 12.7 Å². The van der Waals surface area contributed by atoms with Gasteiger partial charge in [0, 0.05) is 9.50 Å². The lowest BCUT2D eigenvalue weighted by Gasteiger charge is -2.13. The van der Waals surface area contributed by atoms with Gasteiger partial charge in [0.25, 0.3) is 0 Å². The van der Waals surface area contributed by atoms with E-state index < -0.39 is 11.7 Å². The molecule has 8 heteroatoms. The van der Waals surface area contributed by atoms with Crippen molar-refractivity contribution < 1.29 is 17.9 Å². The maximum absolute atomic E-state index is 13.3. The van der Waals surface area contributed by atoms with Crippen LogP contribution in [0.15, 0.2) is 40.9 Å². The van der Waals surface area contributed by atoms with Crippen molar-refractivity contribution in [2.45, 2.75) is 19.6 Å². The van der Waals surface area contributed by atoms with E-state index in [2.05, 4.69) is 21.0 Å². The molecule has 0 unspecified atom stereocenters. The average molecular weight is 434 g/mol. The highest BCUT2D eigenvalue weighted by molar-refractivity contribution is 9.10. The number of benzene rings is 2. The van der Waals surface area contributed by atoms with Crippen molar-refractivity contribution in [3.63, 3.8) is 0 Å². The minimum Gasteiger partial charge on any atom is -0.476 e. The van der Waals surface area contributed by atoms with Crippen molar-refractivity contribution in [2.24, 2.45) is 0 Å². The zero-order valence-corrected chi connectivity index (χ0v) is 15.4. The van der Waals surface area contributed by atoms with Crippen LogP contribution >= 0.6 is 27.5 Å². The monoisotopic (exact) mass is 432 g/mol. The van der Waals surface area contributed by atoms with E-state index >= 15 is 0 Å². The van der Waals surface area contributed by atoms with Gasteiger partial charge in [-0.15, -0.1) is 5.10 Å². The Balaban J connectivity index is 2.10. The average Bonchev–Trinajstić information content (AvgIpc) is 2.85. The molecule has 3 aromatic rings. The summed E-state index contributed by atoms with van der Waals surface area (Å²) >= 11 is 9.12. The molecule has 0 N–H and O–H groups in total. The molecule has 0 aliphatic heterocycles. The van der Waals surface area contributed by atoms with Crippen molar-refractivity contribution in [1.82, 2.24) is 9.78 Å². The Hall–Kier alpha value is -1.73. The van der Waals surface area contributed by atoms with Crippen LogP contribution in [0.3, 0.4) is 0 Å². The highest BCUT2D eigenvalue weighted by atomic mass is 79.9. The molecule has 0 saturated heterocycles. The first-order valence-corrected chi connectivity index (χ1v) is 8.61. The third kappa shape index (κ3) is 3.77. The lowest BCUT2D eigenvalue weighted by molar-refractivity contribution is -0.138. The third-order valence-electron chi connectivity index (χ3n) is 3.66. The minimum absolute atomic E-state index is 0.0420. The summed E-state index contributed by atoms with van der Waals surface area (Å²) in [5.41, 5.74) is 0.0145. The number of nitrogens with zero attached hydrogens (tertiary/aromatic N) is 2. The predicted molar refractivity (Wildman–Crippen MR) is 94.2 cm³/mol. The Bertz CT molecular complexity index is 924. The number of fused-ring (bicyclic) bond motifs is 1. The van der Waals surface area contributed by atoms with Gasteiger partial charge in [0.05, 0.1) is 29.6 Å². The van der Waals surface area contributed by atoms with Gasteiger partial charge < -0.3 is 4.74 Å². The fourth-order valence-electron chi connectivity index (χ4n) is 2.60. The molecular formula is C17H13BrClF3N2O. The zero-order chi connectivity index (χ0) is 18.2. The van der Waals surface area contributed by atoms with E-state index in [1.807, 2.05) is 19.1 Å². The van der Waals surface area contributed by atoms with Crippen LogP contribution in [0.1, 0.15) is 18.1 Å². The molecule has 0 spiro atoms. The first kappa shape index (κ1) is 18.1. The number of hydrogen-bond donors (Lipinski definition) is 0. The van der Waals surface area contributed by atoms with Gasteiger partial charge in [-0.2, -0.15) is 13.2 Å². The van der Waals surface area contributed by atoms with Crippen LogP contribution in [0.2, 0.25) is 5.02 Å². The Morgan fingerprint density at radius 2 is 1.96 bits per heavy atom. The maximum Gasteiger partial charge on any atom is 0.416 e. The second kappa shape index (κ2) is 6.88. The van der Waals surface area contributed by atoms with Gasteiger partial charge >= 0.3 is 6.18 Å². The lowest BCUT2D eigenvalue weighted by atomic mass is 10.1. The molecule has 0 radical (unpaired) electrons. The van der Waals surface area contributed by atoms with Gasteiger partial charge in [-0.1, -0.05) is 33.6 Å². The molecule has 0 aliphatic rings. The molecule has 2 aromatic carbocycles. The molecule has 25 heavy (non-hydrogen) atoms. The smallest absolute Gasteiger partial charge is 0.416 e. The van der Waals surface area contributed by atoms with Gasteiger partial charge in [0.1, 0.15) is 0 Å². The summed E-state index contributed by atoms with van der Waals surface area (Å²) in [5.74, 6) is 0.390. The number of hydrogen-bond acceptors (Lipinski definition) is 2. The quantitative estimate of drug-likeness (QED) is 0.511. The summed E-state index contributed by atoms with van der Waals surface area (Å²) in [7, 11) is 0. The molecule has 0 aliphatic carbocycles. The summed E-state index contributed by atoms with van der Waals surface area (Å²) in [6.07, 6.45) is -4.49. The molecule has 0 bridgehead atoms. The Kier molecular flexibility index (Phi) is 4.97. The first-order valence-electron chi connectivity index (χ1n) is 7.44. The van der Waals surface area contributed by atoms with Crippen molar-refractivity contribution in [3.05, 3.63) is 57.0 Å². The molecule has 1 aromatic heterocycles. The minimum atomic E-state index is -4.49. The topological polar surface area (TPSA) is 27.1 Å². The van der Waals surface area contributed by atoms with Crippen molar-refractivity contribution in [3.8, 4) is 5.88 Å². The summed E-state index contributed by atoms with van der Waals surface area (Å²) in [6, 6.07) is 9.18. The molecular weight excluding hydrogens is 421 g/mol. The Morgan fingerprint density at radius 1 is 1.20 bits per heavy atom. The van der Waals surface area contributed by atoms with E-state index in [4.69, 9.17) is 16.3 Å². The van der Waals surface area contributed by atoms with Crippen molar-refractivity contribution in [2.75, 3.05) is 6.61 Å². The van der Waals surface area contributed by atoms with E-state index in [0.717, 1.165) is 15.9 Å². The number of rotatable bonds is 4. The molecule has 0 amide bonds. The fraction of sp³-hybridized carbons (Fsp3) is 0.235. The second-order valence-corrected chi connectivity index (χ2v) is 6.71. The maximum atomic E-state index is 13.3. The summed E-state index contributed by atoms with van der Waals surface area (Å²) in [5, 5.41) is 5.11. The van der Waals surface area contributed by atoms with Gasteiger partial charge in [-0.05, 0) is 42.8 Å². The normalized spacial score (nSPS) is 11.9. The highest BCUT2D eigenvalue weighted by Gasteiger charge is 2.33. The number of aromatic nitrogens is 2. The molecule has 3 nitrogen and oxygen atoms in total. The van der Waals surface area contributed by atoms with E-state index in [0.29, 0.717) is 18.0 Å². The molecule has 1 heterocycles. The number of halogens is 5. The van der Waals surface area contributed by atoms with Crippen LogP contribution in [-0.4, -0.2) is 16.4 Å². The van der Waals surface area contributed by atoms with E-state index in [1.165, 1.54) is 16.8 Å². The summed E-state index contributed by atoms with van der Waals surface area (Å²) < 4.78 is 47.8. The predicted octanol–water partition coefficient (Wildman–Crippen LogP) is 5.92. The van der Waals surface area contributed by atoms with Crippen LogP contribution in [0.25, 0.3) is 10.9 Å². The van der Waals surface area contributed by atoms with Crippen LogP contribution in [0.4, 0.5) is 13.2 Å². The fourth-order valence-corrected chi connectivity index (χ4v) is 3.13. The zero-order valence-electron chi connectivity index (χ0n) is 13.1. The molecule has 0 saturated carbocycles. The number of alkyl halides is 3. The van der Waals surface area contributed by atoms with Crippen molar-refractivity contribution >= 4 is 38.4 Å². The third-order valence-corrected chi connectivity index (χ3v) is 4.39. The SMILES string of the molecule is CCOc1nn(Cc2ccc(Cl)cc2C(F)(F)F)c2ccc(Br)cc12. The van der Waals surface area contributed by atoms with E-state index in [1.54, 1.807) is 6.07 Å². The van der Waals surface area contributed by atoms with E-state index in [9.17, 15) is 13.2 Å². The van der Waals surface area contributed by atoms with Crippen molar-refractivity contribution in [1.29, 1.82) is 0 Å². The van der Waals surface area contributed by atoms with Crippen LogP contribution < -0.4 is 4.74 Å². The molecule has 132 valence electrons. The largest absolute Gasteiger partial charge is 0.476 e. The van der Waals surface area contributed by atoms with Crippen LogP contribution in [0, 0.1) is 0 Å². The summed E-state index contributed by atoms with van der Waals surface area (Å²) in [4.78, 5) is 0. The number of ether oxygens (including phenoxy) is 1. The van der Waals surface area contributed by atoms with Crippen LogP contribution in [0.5, 0.6) is 5.88 Å². The lowest BCUT2D eigenvalue weighted by Crippen LogP contribution is -2.12. The molecule has 0 fully saturated rings. The van der Waals surface area contributed by atoms with Gasteiger partial charge in [-0.3, -0.25) is 4.68 Å².